The molecule has 0 amide bonds. The second-order valence-corrected chi connectivity index (χ2v) is 9.70. The molecular weight excluding hydrogens is 418 g/mol. The first-order valence-electron chi connectivity index (χ1n) is 13.8. The Morgan fingerprint density at radius 3 is 1.79 bits per heavy atom. The Labute approximate surface area is 208 Å². The van der Waals surface area contributed by atoms with E-state index in [1.165, 1.54) is 83.1 Å². The minimum absolute atomic E-state index is 0.109. The van der Waals surface area contributed by atoms with Gasteiger partial charge in [-0.1, -0.05) is 128 Å². The second kappa shape index (κ2) is 17.2. The number of phenols is 2. The third kappa shape index (κ3) is 10.8. The van der Waals surface area contributed by atoms with Crippen molar-refractivity contribution in [1.82, 2.24) is 0 Å². The van der Waals surface area contributed by atoms with Gasteiger partial charge < -0.3 is 10.2 Å². The number of hydrogen-bond acceptors (Lipinski definition) is 3. The fourth-order valence-corrected chi connectivity index (χ4v) is 4.72. The number of unbranched alkanes of at least 4 members (excludes halogenated alkanes) is 11. The molecule has 2 aromatic carbocycles. The van der Waals surface area contributed by atoms with Crippen molar-refractivity contribution in [2.75, 3.05) is 0 Å². The monoisotopic (exact) mass is 465 g/mol. The number of nitrogens with zero attached hydrogens (tertiary/aromatic N) is 1. The molecule has 0 aliphatic heterocycles. The van der Waals surface area contributed by atoms with Crippen molar-refractivity contribution >= 4 is 11.4 Å². The molecule has 1 atom stereocenters. The second-order valence-electron chi connectivity index (χ2n) is 9.70. The van der Waals surface area contributed by atoms with Crippen LogP contribution in [0.25, 0.3) is 0 Å². The maximum Gasteiger partial charge on any atom is 0.159 e. The zero-order chi connectivity index (χ0) is 24.4. The lowest BCUT2D eigenvalue weighted by molar-refractivity contribution is 0.404. The van der Waals surface area contributed by atoms with Gasteiger partial charge in [0.15, 0.2) is 11.5 Å². The average molecular weight is 466 g/mol. The number of aromatic hydroxyl groups is 2. The van der Waals surface area contributed by atoms with Crippen LogP contribution < -0.4 is 0 Å². The molecule has 0 bridgehead atoms. The summed E-state index contributed by atoms with van der Waals surface area (Å²) in [6.45, 7) is 4.52. The van der Waals surface area contributed by atoms with Crippen LogP contribution >= 0.6 is 0 Å². The van der Waals surface area contributed by atoms with Crippen molar-refractivity contribution < 1.29 is 10.2 Å². The van der Waals surface area contributed by atoms with E-state index in [0.717, 1.165) is 30.5 Å². The van der Waals surface area contributed by atoms with Gasteiger partial charge in [0.05, 0.1) is 11.4 Å². The Hall–Kier alpha value is -2.29. The Morgan fingerprint density at radius 2 is 1.24 bits per heavy atom. The van der Waals surface area contributed by atoms with Crippen LogP contribution in [0.15, 0.2) is 53.5 Å². The smallest absolute Gasteiger partial charge is 0.159 e. The van der Waals surface area contributed by atoms with Crippen molar-refractivity contribution in [3.63, 3.8) is 0 Å². The first-order valence-corrected chi connectivity index (χ1v) is 13.8. The van der Waals surface area contributed by atoms with Crippen LogP contribution in [0, 0.1) is 5.92 Å². The maximum absolute atomic E-state index is 9.93. The molecule has 2 N–H and O–H groups in total. The van der Waals surface area contributed by atoms with Crippen molar-refractivity contribution in [3.05, 3.63) is 54.1 Å². The van der Waals surface area contributed by atoms with Gasteiger partial charge in [-0.05, 0) is 30.5 Å². The predicted molar refractivity (Wildman–Crippen MR) is 147 cm³/mol. The summed E-state index contributed by atoms with van der Waals surface area (Å²) in [6.07, 6.45) is 19.7. The minimum atomic E-state index is -0.123. The summed E-state index contributed by atoms with van der Waals surface area (Å²) in [5.41, 5.74) is 2.92. The van der Waals surface area contributed by atoms with E-state index >= 15 is 0 Å². The molecule has 0 aliphatic carbocycles. The fraction of sp³-hybridized carbons (Fsp3) is 0.581. The summed E-state index contributed by atoms with van der Waals surface area (Å²) in [4.78, 5) is 4.97. The summed E-state index contributed by atoms with van der Waals surface area (Å²) >= 11 is 0. The van der Waals surface area contributed by atoms with Crippen LogP contribution in [0.1, 0.15) is 116 Å². The lowest BCUT2D eigenvalue weighted by Gasteiger charge is -2.20. The highest BCUT2D eigenvalue weighted by molar-refractivity contribution is 6.03. The van der Waals surface area contributed by atoms with Crippen molar-refractivity contribution in [2.24, 2.45) is 10.9 Å². The van der Waals surface area contributed by atoms with E-state index in [1.807, 2.05) is 6.07 Å². The maximum atomic E-state index is 9.93. The Balaban J connectivity index is 1.87. The number of aliphatic imine (C=N–C) groups is 1. The van der Waals surface area contributed by atoms with Crippen molar-refractivity contribution in [3.8, 4) is 11.5 Å². The summed E-state index contributed by atoms with van der Waals surface area (Å²) in [5.74, 6) is 0.162. The quantitative estimate of drug-likeness (QED) is 0.131. The standard InChI is InChI=1S/C31H47NO2/c1-3-5-6-7-8-9-10-11-12-13-14-16-20-26(19-4-2)31(27-21-17-15-18-22-27)32-28-23-24-29(33)30(34)25-28/h15,17-18,21-26,33-34H,3-14,16,19-20H2,1-2H3. The molecule has 0 aromatic heterocycles. The predicted octanol–water partition coefficient (Wildman–Crippen LogP) is 9.73. The normalized spacial score (nSPS) is 12.7. The largest absolute Gasteiger partial charge is 0.504 e. The third-order valence-corrected chi connectivity index (χ3v) is 6.71. The third-order valence-electron chi connectivity index (χ3n) is 6.71. The number of rotatable bonds is 18. The molecule has 2 rings (SSSR count). The van der Waals surface area contributed by atoms with Gasteiger partial charge in [-0.2, -0.15) is 0 Å². The Morgan fingerprint density at radius 1 is 0.647 bits per heavy atom. The summed E-state index contributed by atoms with van der Waals surface area (Å²) in [5, 5.41) is 19.6. The molecule has 3 nitrogen and oxygen atoms in total. The molecule has 0 aliphatic rings. The number of phenolic OH excluding ortho intramolecular Hbond substituents is 2. The molecule has 0 saturated carbocycles. The van der Waals surface area contributed by atoms with Crippen LogP contribution in [-0.4, -0.2) is 15.9 Å². The lowest BCUT2D eigenvalue weighted by atomic mass is 9.87. The van der Waals surface area contributed by atoms with Crippen LogP contribution in [0.5, 0.6) is 11.5 Å². The van der Waals surface area contributed by atoms with E-state index in [0.29, 0.717) is 11.6 Å². The molecule has 188 valence electrons. The van der Waals surface area contributed by atoms with Gasteiger partial charge in [0.25, 0.3) is 0 Å². The first-order chi connectivity index (χ1) is 16.7. The van der Waals surface area contributed by atoms with Gasteiger partial charge in [0.2, 0.25) is 0 Å². The first kappa shape index (κ1) is 28.0. The van der Waals surface area contributed by atoms with Gasteiger partial charge in [-0.3, -0.25) is 4.99 Å². The molecule has 0 heterocycles. The molecule has 34 heavy (non-hydrogen) atoms. The fourth-order valence-electron chi connectivity index (χ4n) is 4.72. The van der Waals surface area contributed by atoms with Gasteiger partial charge in [0, 0.05) is 12.0 Å². The Bertz CT molecular complexity index is 815. The van der Waals surface area contributed by atoms with Gasteiger partial charge >= 0.3 is 0 Å². The Kier molecular flexibility index (Phi) is 14.1. The zero-order valence-corrected chi connectivity index (χ0v) is 21.6. The highest BCUT2D eigenvalue weighted by Gasteiger charge is 2.17. The summed E-state index contributed by atoms with van der Waals surface area (Å²) < 4.78 is 0. The van der Waals surface area contributed by atoms with Gasteiger partial charge in [-0.15, -0.1) is 0 Å². The minimum Gasteiger partial charge on any atom is -0.504 e. The summed E-state index contributed by atoms with van der Waals surface area (Å²) in [7, 11) is 0. The van der Waals surface area contributed by atoms with Gasteiger partial charge in [0.1, 0.15) is 0 Å². The lowest BCUT2D eigenvalue weighted by Crippen LogP contribution is -2.16. The number of benzene rings is 2. The molecular formula is C31H47NO2. The van der Waals surface area contributed by atoms with Crippen LogP contribution in [0.2, 0.25) is 0 Å². The molecule has 2 aromatic rings. The van der Waals surface area contributed by atoms with E-state index in [2.05, 4.69) is 38.1 Å². The van der Waals surface area contributed by atoms with E-state index in [4.69, 9.17) is 4.99 Å². The van der Waals surface area contributed by atoms with Crippen molar-refractivity contribution in [1.29, 1.82) is 0 Å². The zero-order valence-electron chi connectivity index (χ0n) is 21.6. The SMILES string of the molecule is CCCCCCCCCCCCCCC(CCC)C(=Nc1ccc(O)c(O)c1)c1ccccc1. The molecule has 0 spiro atoms. The average Bonchev–Trinajstić information content (AvgIpc) is 2.85. The molecule has 0 saturated heterocycles. The number of hydrogen-bond donors (Lipinski definition) is 2. The van der Waals surface area contributed by atoms with Crippen LogP contribution in [0.4, 0.5) is 5.69 Å². The molecule has 3 heteroatoms. The van der Waals surface area contributed by atoms with E-state index < -0.39 is 0 Å². The summed E-state index contributed by atoms with van der Waals surface area (Å²) in [6, 6.07) is 15.2. The molecule has 1 unspecified atom stereocenters. The van der Waals surface area contributed by atoms with Crippen molar-refractivity contribution in [2.45, 2.75) is 110 Å². The molecule has 0 fully saturated rings. The highest BCUT2D eigenvalue weighted by atomic mass is 16.3. The van der Waals surface area contributed by atoms with E-state index in [1.54, 1.807) is 12.1 Å². The van der Waals surface area contributed by atoms with Crippen LogP contribution in [-0.2, 0) is 0 Å². The van der Waals surface area contributed by atoms with Crippen LogP contribution in [0.3, 0.4) is 0 Å². The topological polar surface area (TPSA) is 52.8 Å². The van der Waals surface area contributed by atoms with E-state index in [-0.39, 0.29) is 11.5 Å². The van der Waals surface area contributed by atoms with Gasteiger partial charge in [-0.25, -0.2) is 0 Å². The van der Waals surface area contributed by atoms with E-state index in [9.17, 15) is 10.2 Å². The highest BCUT2D eigenvalue weighted by Crippen LogP contribution is 2.31. The molecule has 0 radical (unpaired) electrons.